The number of nitrogens with zero attached hydrogens (tertiary/aromatic N) is 1. The topological polar surface area (TPSA) is 113 Å². The van der Waals surface area contributed by atoms with Gasteiger partial charge in [-0.25, -0.2) is 0 Å². The molecule has 0 bridgehead atoms. The fourth-order valence-corrected chi connectivity index (χ4v) is 1.52. The number of aliphatic hydroxyl groups excluding tert-OH is 3. The Morgan fingerprint density at radius 2 is 1.86 bits per heavy atom. The maximum Gasteiger partial charge on any atom is 0.277 e. The minimum absolute atomic E-state index is 0.801. The van der Waals surface area contributed by atoms with Crippen molar-refractivity contribution in [1.29, 1.82) is 0 Å². The molecule has 7 heteroatoms. The quantitative estimate of drug-likeness (QED) is 0.355. The van der Waals surface area contributed by atoms with E-state index in [4.69, 9.17) is 9.84 Å². The predicted molar refractivity (Wildman–Crippen MR) is 44.0 cm³/mol. The van der Waals surface area contributed by atoms with Gasteiger partial charge in [0.1, 0.15) is 0 Å². The first kappa shape index (κ1) is 11.3. The highest BCUT2D eigenvalue weighted by Crippen LogP contribution is 2.31. The molecular formula is C7H13NO6. The molecule has 0 spiro atoms. The van der Waals surface area contributed by atoms with Gasteiger partial charge in [0.15, 0.2) is 18.5 Å². The van der Waals surface area contributed by atoms with Crippen LogP contribution in [0.2, 0.25) is 0 Å². The van der Waals surface area contributed by atoms with E-state index < -0.39 is 35.1 Å². The van der Waals surface area contributed by atoms with Crippen LogP contribution in [0.15, 0.2) is 0 Å². The SMILES string of the molecule is C[C@@H]1O[C@@H](O)[C@@H](O)[C@@](C)([N+](=O)[O-])[C@H]1O. The van der Waals surface area contributed by atoms with E-state index in [2.05, 4.69) is 0 Å². The lowest BCUT2D eigenvalue weighted by atomic mass is 9.83. The lowest BCUT2D eigenvalue weighted by molar-refractivity contribution is -0.608. The maximum atomic E-state index is 10.7. The van der Waals surface area contributed by atoms with Crippen LogP contribution >= 0.6 is 0 Å². The Morgan fingerprint density at radius 3 is 2.29 bits per heavy atom. The second-order valence-corrected chi connectivity index (χ2v) is 3.60. The first-order valence-corrected chi connectivity index (χ1v) is 4.16. The Labute approximate surface area is 80.1 Å². The predicted octanol–water partition coefficient (Wildman–Crippen LogP) is -1.52. The zero-order valence-electron chi connectivity index (χ0n) is 7.82. The molecule has 0 aromatic carbocycles. The molecule has 7 nitrogen and oxygen atoms in total. The number of ether oxygens (including phenoxy) is 1. The van der Waals surface area contributed by atoms with Crippen molar-refractivity contribution < 1.29 is 25.0 Å². The minimum atomic E-state index is -2.00. The Balaban J connectivity index is 3.04. The van der Waals surface area contributed by atoms with E-state index in [1.54, 1.807) is 0 Å². The number of rotatable bonds is 1. The molecule has 1 aliphatic rings. The van der Waals surface area contributed by atoms with Crippen LogP contribution in [-0.2, 0) is 4.74 Å². The normalized spacial score (nSPS) is 48.9. The van der Waals surface area contributed by atoms with Crippen molar-refractivity contribution in [3.05, 3.63) is 10.1 Å². The van der Waals surface area contributed by atoms with Crippen molar-refractivity contribution in [2.75, 3.05) is 0 Å². The van der Waals surface area contributed by atoms with Crippen molar-refractivity contribution in [2.45, 2.75) is 44.0 Å². The molecule has 1 aliphatic heterocycles. The number of nitro groups is 1. The second kappa shape index (κ2) is 3.43. The number of aliphatic hydroxyl groups is 3. The Kier molecular flexibility index (Phi) is 2.77. The molecule has 0 radical (unpaired) electrons. The van der Waals surface area contributed by atoms with Crippen LogP contribution in [0.25, 0.3) is 0 Å². The summed E-state index contributed by atoms with van der Waals surface area (Å²) in [5, 5.41) is 38.8. The van der Waals surface area contributed by atoms with Crippen LogP contribution in [0.4, 0.5) is 0 Å². The average molecular weight is 207 g/mol. The Hall–Kier alpha value is -0.760. The van der Waals surface area contributed by atoms with Crippen molar-refractivity contribution in [2.24, 2.45) is 0 Å². The molecule has 0 aliphatic carbocycles. The molecule has 1 heterocycles. The molecule has 1 fully saturated rings. The standard InChI is InChI=1S/C7H13NO6/c1-3-4(9)7(2,8(12)13)5(10)6(11)14-3/h3-6,9-11H,1-2H3/t3-,4-,5+,6+,7-/m0/s1. The molecule has 5 atom stereocenters. The van der Waals surface area contributed by atoms with Crippen LogP contribution < -0.4 is 0 Å². The monoisotopic (exact) mass is 207 g/mol. The Morgan fingerprint density at radius 1 is 1.36 bits per heavy atom. The molecule has 82 valence electrons. The van der Waals surface area contributed by atoms with Gasteiger partial charge in [-0.2, -0.15) is 0 Å². The number of hydrogen-bond donors (Lipinski definition) is 3. The van der Waals surface area contributed by atoms with E-state index in [9.17, 15) is 20.3 Å². The third kappa shape index (κ3) is 1.38. The van der Waals surface area contributed by atoms with Crippen LogP contribution in [0.3, 0.4) is 0 Å². The molecule has 1 rings (SSSR count). The van der Waals surface area contributed by atoms with Crippen LogP contribution in [-0.4, -0.2) is 50.4 Å². The van der Waals surface area contributed by atoms with Gasteiger partial charge in [-0.1, -0.05) is 0 Å². The summed E-state index contributed by atoms with van der Waals surface area (Å²) in [6.07, 6.45) is -5.76. The third-order valence-electron chi connectivity index (χ3n) is 2.66. The van der Waals surface area contributed by atoms with Crippen molar-refractivity contribution >= 4 is 0 Å². The van der Waals surface area contributed by atoms with Crippen LogP contribution in [0.1, 0.15) is 13.8 Å². The fourth-order valence-electron chi connectivity index (χ4n) is 1.52. The van der Waals surface area contributed by atoms with Crippen molar-refractivity contribution in [1.82, 2.24) is 0 Å². The zero-order chi connectivity index (χ0) is 11.1. The summed E-state index contributed by atoms with van der Waals surface area (Å²) in [5.41, 5.74) is -2.00. The largest absolute Gasteiger partial charge is 0.383 e. The molecule has 0 saturated carbocycles. The van der Waals surface area contributed by atoms with Crippen LogP contribution in [0.5, 0.6) is 0 Å². The summed E-state index contributed by atoms with van der Waals surface area (Å²) in [6.45, 7) is 2.46. The lowest BCUT2D eigenvalue weighted by Gasteiger charge is -2.40. The molecular weight excluding hydrogens is 194 g/mol. The van der Waals surface area contributed by atoms with Crippen LogP contribution in [0, 0.1) is 10.1 Å². The molecule has 0 aromatic heterocycles. The summed E-state index contributed by atoms with van der Waals surface area (Å²) < 4.78 is 4.71. The van der Waals surface area contributed by atoms with Gasteiger partial charge in [0, 0.05) is 11.8 Å². The van der Waals surface area contributed by atoms with Gasteiger partial charge >= 0.3 is 0 Å². The summed E-state index contributed by atoms with van der Waals surface area (Å²) in [4.78, 5) is 9.91. The smallest absolute Gasteiger partial charge is 0.277 e. The lowest BCUT2D eigenvalue weighted by Crippen LogP contribution is -2.67. The molecule has 0 amide bonds. The summed E-state index contributed by atoms with van der Waals surface area (Å²) >= 11 is 0. The van der Waals surface area contributed by atoms with E-state index in [-0.39, 0.29) is 0 Å². The highest BCUT2D eigenvalue weighted by molar-refractivity contribution is 4.97. The van der Waals surface area contributed by atoms with Gasteiger partial charge in [0.25, 0.3) is 5.54 Å². The first-order chi connectivity index (χ1) is 6.31. The molecule has 14 heavy (non-hydrogen) atoms. The van der Waals surface area contributed by atoms with Gasteiger partial charge in [-0.15, -0.1) is 0 Å². The highest BCUT2D eigenvalue weighted by atomic mass is 16.7. The maximum absolute atomic E-state index is 10.7. The fraction of sp³-hybridized carbons (Fsp3) is 1.00. The van der Waals surface area contributed by atoms with E-state index in [1.807, 2.05) is 0 Å². The highest BCUT2D eigenvalue weighted by Gasteiger charge is 2.60. The molecule has 0 unspecified atom stereocenters. The summed E-state index contributed by atoms with van der Waals surface area (Å²) in [7, 11) is 0. The second-order valence-electron chi connectivity index (χ2n) is 3.60. The van der Waals surface area contributed by atoms with Gasteiger partial charge in [0.2, 0.25) is 0 Å². The van der Waals surface area contributed by atoms with Crippen molar-refractivity contribution in [3.8, 4) is 0 Å². The third-order valence-corrected chi connectivity index (χ3v) is 2.66. The molecule has 1 saturated heterocycles. The molecule has 0 aromatic rings. The molecule has 3 N–H and O–H groups in total. The summed E-state index contributed by atoms with van der Waals surface area (Å²) in [6, 6.07) is 0. The van der Waals surface area contributed by atoms with Gasteiger partial charge in [-0.3, -0.25) is 10.1 Å². The minimum Gasteiger partial charge on any atom is -0.383 e. The van der Waals surface area contributed by atoms with Gasteiger partial charge < -0.3 is 20.1 Å². The Bertz CT molecular complexity index is 230. The van der Waals surface area contributed by atoms with Gasteiger partial charge in [0.05, 0.1) is 6.10 Å². The van der Waals surface area contributed by atoms with E-state index in [0.29, 0.717) is 0 Å². The van der Waals surface area contributed by atoms with E-state index in [0.717, 1.165) is 6.92 Å². The van der Waals surface area contributed by atoms with Gasteiger partial charge in [-0.05, 0) is 6.92 Å². The van der Waals surface area contributed by atoms with E-state index in [1.165, 1.54) is 6.92 Å². The first-order valence-electron chi connectivity index (χ1n) is 4.16. The zero-order valence-corrected chi connectivity index (χ0v) is 7.82. The summed E-state index contributed by atoms with van der Waals surface area (Å²) in [5.74, 6) is 0. The van der Waals surface area contributed by atoms with E-state index >= 15 is 0 Å². The average Bonchev–Trinajstić information content (AvgIpc) is 2.11. The number of hydrogen-bond acceptors (Lipinski definition) is 6. The van der Waals surface area contributed by atoms with Crippen molar-refractivity contribution in [3.63, 3.8) is 0 Å².